The van der Waals surface area contributed by atoms with Gasteiger partial charge in [-0.25, -0.2) is 38.8 Å². The van der Waals surface area contributed by atoms with Gasteiger partial charge in [0.1, 0.15) is 30.7 Å². The van der Waals surface area contributed by atoms with E-state index in [0.29, 0.717) is 4.57 Å². The summed E-state index contributed by atoms with van der Waals surface area (Å²) in [7, 11) is -13.9. The van der Waals surface area contributed by atoms with Crippen molar-refractivity contribution in [1.29, 1.82) is 0 Å². The molecular formula is C63H69N7O19P2SSi3. The minimum absolute atomic E-state index is 0.00392. The van der Waals surface area contributed by atoms with E-state index in [0.717, 1.165) is 28.1 Å². The number of carbonyl (C=O) groups excluding carboxylic acids is 5. The zero-order chi connectivity index (χ0) is 68.2. The molecule has 498 valence electrons. The molecule has 0 bridgehead atoms. The third kappa shape index (κ3) is 16.6. The maximum absolute atomic E-state index is 16.1. The molecule has 5 aromatic carbocycles. The molecule has 0 saturated carbocycles. The van der Waals surface area contributed by atoms with Gasteiger partial charge >= 0.3 is 32.2 Å². The van der Waals surface area contributed by atoms with Crippen LogP contribution < -0.4 is 16.1 Å². The number of imidazole rings is 1. The molecule has 26 nitrogen and oxygen atoms in total. The first-order chi connectivity index (χ1) is 45.0. The third-order valence-corrected chi connectivity index (χ3v) is 26.4. The van der Waals surface area contributed by atoms with E-state index in [1.807, 2.05) is 39.3 Å². The molecule has 2 aliphatic rings. The Morgan fingerprint density at radius 2 is 1.02 bits per heavy atom. The van der Waals surface area contributed by atoms with Crippen LogP contribution in [0.25, 0.3) is 11.2 Å². The van der Waals surface area contributed by atoms with Crippen LogP contribution in [0.5, 0.6) is 0 Å². The number of benzene rings is 5. The van der Waals surface area contributed by atoms with Gasteiger partial charge in [-0.15, -0.1) is 0 Å². The number of esters is 2. The van der Waals surface area contributed by atoms with Gasteiger partial charge in [-0.3, -0.25) is 41.9 Å². The van der Waals surface area contributed by atoms with Crippen molar-refractivity contribution in [1.82, 2.24) is 28.7 Å². The number of anilines is 1. The molecule has 2 saturated heterocycles. The highest BCUT2D eigenvalue weighted by molar-refractivity contribution is 8.08. The van der Waals surface area contributed by atoms with Gasteiger partial charge in [0.05, 0.1) is 30.7 Å². The highest BCUT2D eigenvalue weighted by Gasteiger charge is 2.57. The average molecular weight is 1410 g/mol. The minimum atomic E-state index is -5.23. The number of aromatic nitrogens is 6. The summed E-state index contributed by atoms with van der Waals surface area (Å²) in [5.41, 5.74) is -1.99. The van der Waals surface area contributed by atoms with E-state index in [1.165, 1.54) is 71.6 Å². The molecule has 1 N–H and O–H groups in total. The van der Waals surface area contributed by atoms with Crippen LogP contribution in [0.2, 0.25) is 58.9 Å². The SMILES string of the molecule is C[Si](C)(C)OP(=O)(OC[C@H]1O[C@@H](n2cnc3c(N(C(=O)c4ccccc4)C(=O)c4ccccc4)ncnc32)[C@H](OC(=O)c2ccccc2)[C@@H]1OC(=O)c1ccccc1)O[C@H]1[C@@H](OP(=S)(O[Si](C)(C)C)O[Si](C)(C)C)[C@H](n2ccc(=O)n(C(=O)c3ccccc3)c2=O)O[C@@H]1CO. The Morgan fingerprint density at radius 1 is 0.558 bits per heavy atom. The van der Waals surface area contributed by atoms with Gasteiger partial charge in [-0.2, -0.15) is 4.57 Å². The number of phosphoric ester groups is 1. The Balaban J connectivity index is 1.08. The molecule has 32 heteroatoms. The van der Waals surface area contributed by atoms with Crippen LogP contribution in [0.1, 0.15) is 64.2 Å². The second-order valence-corrected chi connectivity index (χ2v) is 43.5. The standard InChI is InChI=1S/C63H69N7O19P2SSi3/c1-93(2,3)87-90(79,85-51-46(37-71)81-60(53(51)86-91(92,88-94(4,5)6)89-95(7,8)9)67-36-35-48(72)69(63(67)78)56(73)41-25-15-10-16-26-41)80-38-47-50(83-61(76)44-31-21-13-22-32-44)52(84-62(77)45-33-23-14-24-34-45)59(82-47)68-40-66-49-54(68)64-39-65-55(49)70(57(74)42-27-17-11-18-28-42)58(75)43-29-19-12-20-30-43/h10-36,39-40,46-47,50-53,59-60,71H,37-38H2,1-9H3/t46-,47-,50-,51-,52-,53-,59-,60-,90?/m1/s1. The van der Waals surface area contributed by atoms with Crippen molar-refractivity contribution in [3.63, 3.8) is 0 Å². The Morgan fingerprint density at radius 3 is 1.52 bits per heavy atom. The molecule has 8 aromatic rings. The fourth-order valence-corrected chi connectivity index (χ4v) is 25.3. The predicted molar refractivity (Wildman–Crippen MR) is 358 cm³/mol. The van der Waals surface area contributed by atoms with Crippen LogP contribution >= 0.6 is 14.5 Å². The second-order valence-electron chi connectivity index (χ2n) is 24.8. The van der Waals surface area contributed by atoms with Gasteiger partial charge in [0, 0.05) is 29.0 Å². The van der Waals surface area contributed by atoms with E-state index in [1.54, 1.807) is 111 Å². The van der Waals surface area contributed by atoms with Crippen molar-refractivity contribution in [2.24, 2.45) is 0 Å². The van der Waals surface area contributed by atoms with Crippen LogP contribution in [0.4, 0.5) is 5.82 Å². The monoisotopic (exact) mass is 1410 g/mol. The number of carbonyl (C=O) groups is 5. The first-order valence-electron chi connectivity index (χ1n) is 29.9. The number of phosphoric acid groups is 1. The number of nitrogens with zero attached hydrogens (tertiary/aromatic N) is 7. The minimum Gasteiger partial charge on any atom is -0.452 e. The molecule has 2 aliphatic heterocycles. The molecule has 0 spiro atoms. The maximum atomic E-state index is 16.1. The molecule has 5 heterocycles. The van der Waals surface area contributed by atoms with E-state index in [9.17, 15) is 38.7 Å². The summed E-state index contributed by atoms with van der Waals surface area (Å²) in [6, 6.07) is 40.3. The first-order valence-corrected chi connectivity index (χ1v) is 44.2. The summed E-state index contributed by atoms with van der Waals surface area (Å²) in [6.07, 6.45) is -10.1. The van der Waals surface area contributed by atoms with Crippen molar-refractivity contribution in [2.45, 2.75) is 108 Å². The van der Waals surface area contributed by atoms with E-state index >= 15 is 4.57 Å². The van der Waals surface area contributed by atoms with Gasteiger partial charge < -0.3 is 36.7 Å². The Kier molecular flexibility index (Phi) is 21.3. The quantitative estimate of drug-likeness (QED) is 0.0254. The van der Waals surface area contributed by atoms with E-state index in [4.69, 9.17) is 57.0 Å². The van der Waals surface area contributed by atoms with Crippen molar-refractivity contribution in [3.8, 4) is 0 Å². The number of imide groups is 1. The van der Waals surface area contributed by atoms with Gasteiger partial charge in [0.25, 0.3) is 23.3 Å². The van der Waals surface area contributed by atoms with Crippen LogP contribution in [-0.2, 0) is 61.5 Å². The molecule has 0 aliphatic carbocycles. The molecule has 3 aromatic heterocycles. The number of aliphatic hydroxyl groups excluding tert-OH is 1. The highest BCUT2D eigenvalue weighted by atomic mass is 32.5. The number of ether oxygens (including phenoxy) is 4. The van der Waals surface area contributed by atoms with Crippen molar-refractivity contribution in [2.75, 3.05) is 18.1 Å². The molecule has 95 heavy (non-hydrogen) atoms. The lowest BCUT2D eigenvalue weighted by atomic mass is 10.1. The summed E-state index contributed by atoms with van der Waals surface area (Å²) in [5, 5.41) is 11.3. The predicted octanol–water partition coefficient (Wildman–Crippen LogP) is 9.94. The smallest absolute Gasteiger partial charge is 0.452 e. The van der Waals surface area contributed by atoms with Crippen molar-refractivity contribution >= 4 is 97.9 Å². The molecule has 1 unspecified atom stereocenters. The van der Waals surface area contributed by atoms with Crippen molar-refractivity contribution in [3.05, 3.63) is 225 Å². The third-order valence-electron chi connectivity index (χ3n) is 14.1. The average Bonchev–Trinajstić information content (AvgIpc) is 1.64. The second kappa shape index (κ2) is 28.9. The molecule has 2 amide bonds. The van der Waals surface area contributed by atoms with Crippen LogP contribution in [0.15, 0.2) is 186 Å². The van der Waals surface area contributed by atoms with Crippen LogP contribution in [-0.4, -0.2) is 138 Å². The van der Waals surface area contributed by atoms with Gasteiger partial charge in [0.15, 0.2) is 66.6 Å². The lowest BCUT2D eigenvalue weighted by molar-refractivity contribution is -0.0616. The van der Waals surface area contributed by atoms with E-state index < -0.39 is 143 Å². The topological polar surface area (TPSA) is 306 Å². The number of amides is 2. The van der Waals surface area contributed by atoms with Gasteiger partial charge in [0.2, 0.25) is 0 Å². The Labute approximate surface area is 553 Å². The zero-order valence-corrected chi connectivity index (χ0v) is 58.6. The number of aliphatic hydroxyl groups is 1. The van der Waals surface area contributed by atoms with Gasteiger partial charge in [-0.05, 0) is 131 Å². The largest absolute Gasteiger partial charge is 0.465 e. The van der Waals surface area contributed by atoms with E-state index in [2.05, 4.69) is 15.0 Å². The maximum Gasteiger partial charge on any atom is 0.465 e. The number of fused-ring (bicyclic) bond motifs is 1. The normalized spacial score (nSPS) is 20.6. The lowest BCUT2D eigenvalue weighted by Gasteiger charge is -2.37. The Bertz CT molecular complexity index is 4260. The molecular weight excluding hydrogens is 1340 g/mol. The molecule has 10 rings (SSSR count). The van der Waals surface area contributed by atoms with Crippen LogP contribution in [0, 0.1) is 0 Å². The van der Waals surface area contributed by atoms with Gasteiger partial charge in [-0.1, -0.05) is 91.0 Å². The summed E-state index contributed by atoms with van der Waals surface area (Å²) in [5.74, 6) is -4.60. The fourth-order valence-electron chi connectivity index (χ4n) is 10.3. The molecule has 0 radical (unpaired) electrons. The number of rotatable bonds is 24. The number of hydrogen-bond acceptors (Lipinski definition) is 23. The first kappa shape index (κ1) is 70.1. The fraction of sp³-hybridized carbons (Fsp3) is 0.302. The highest BCUT2D eigenvalue weighted by Crippen LogP contribution is 2.61. The van der Waals surface area contributed by atoms with Crippen LogP contribution in [0.3, 0.4) is 0 Å². The summed E-state index contributed by atoms with van der Waals surface area (Å²) in [6.45, 7) is 10.2. The summed E-state index contributed by atoms with van der Waals surface area (Å²) >= 11 is 6.19. The summed E-state index contributed by atoms with van der Waals surface area (Å²) < 4.78 is 83.9. The lowest BCUT2D eigenvalue weighted by Crippen LogP contribution is -2.46. The molecule has 9 atom stereocenters. The zero-order valence-electron chi connectivity index (χ0n) is 53.0. The number of hydrogen-bond donors (Lipinski definition) is 1. The Hall–Kier alpha value is -7.75. The van der Waals surface area contributed by atoms with E-state index in [-0.39, 0.29) is 44.8 Å². The molecule has 2 fully saturated rings. The summed E-state index contributed by atoms with van der Waals surface area (Å²) in [4.78, 5) is 115. The van der Waals surface area contributed by atoms with Crippen molar-refractivity contribution < 1.29 is 78.8 Å².